The lowest BCUT2D eigenvalue weighted by atomic mass is 9.62. The number of hydrogen-bond donors (Lipinski definition) is 2. The van der Waals surface area contributed by atoms with Gasteiger partial charge in [-0.15, -0.1) is 0 Å². The van der Waals surface area contributed by atoms with Crippen LogP contribution in [-0.2, 0) is 47.5 Å². The quantitative estimate of drug-likeness (QED) is 0.239. The summed E-state index contributed by atoms with van der Waals surface area (Å²) >= 11 is 0. The number of halogens is 1. The summed E-state index contributed by atoms with van der Waals surface area (Å²) in [6.45, 7) is 7.94. The molecule has 0 radical (unpaired) electrons. The average molecular weight is 889 g/mol. The lowest BCUT2D eigenvalue weighted by Crippen LogP contribution is -2.59. The number of anilines is 1. The van der Waals surface area contributed by atoms with Gasteiger partial charge in [-0.3, -0.25) is 9.59 Å². The van der Waals surface area contributed by atoms with Crippen LogP contribution in [0.1, 0.15) is 85.5 Å². The van der Waals surface area contributed by atoms with Gasteiger partial charge >= 0.3 is 5.97 Å². The number of nitrogens with zero attached hydrogens (tertiary/aromatic N) is 1. The Morgan fingerprint density at radius 3 is 2.29 bits per heavy atom. The van der Waals surface area contributed by atoms with Crippen LogP contribution >= 0.6 is 0 Å². The number of likely N-dealkylation sites (N-methyl/N-ethyl adjacent to an activating group) is 1. The van der Waals surface area contributed by atoms with Crippen molar-refractivity contribution < 1.29 is 61.7 Å². The zero-order valence-electron chi connectivity index (χ0n) is 38.9. The second-order valence-electron chi connectivity index (χ2n) is 19.1. The van der Waals surface area contributed by atoms with Crippen LogP contribution in [0.5, 0.6) is 5.75 Å². The van der Waals surface area contributed by atoms with Gasteiger partial charge < -0.3 is 58.0 Å². The molecular weight excluding hydrogens is 816 g/mol. The van der Waals surface area contributed by atoms with Crippen molar-refractivity contribution in [3.8, 4) is 5.75 Å². The number of fused-ring (bicyclic) bond motifs is 5. The highest BCUT2D eigenvalue weighted by atomic mass is 19.1. The van der Waals surface area contributed by atoms with Crippen LogP contribution in [0.3, 0.4) is 0 Å². The number of esters is 1. The molecule has 7 rings (SSSR count). The van der Waals surface area contributed by atoms with Crippen LogP contribution in [0.15, 0.2) is 29.8 Å². The lowest BCUT2D eigenvalue weighted by molar-refractivity contribution is -0.314. The van der Waals surface area contributed by atoms with E-state index in [4.69, 9.17) is 42.6 Å². The lowest BCUT2D eigenvalue weighted by Gasteiger charge is -2.48. The fraction of sp³-hybridized carbons (Fsp3) is 0.792. The van der Waals surface area contributed by atoms with Crippen molar-refractivity contribution in [2.75, 3.05) is 47.9 Å². The number of carbonyl (C=O) groups is 2. The molecule has 2 saturated carbocycles. The first-order valence-corrected chi connectivity index (χ1v) is 23.3. The number of ether oxygens (including phenoxy) is 9. The van der Waals surface area contributed by atoms with Crippen LogP contribution in [0, 0.1) is 41.3 Å². The average Bonchev–Trinajstić information content (AvgIpc) is 3.85. The highest BCUT2D eigenvalue weighted by Crippen LogP contribution is 2.58. The van der Waals surface area contributed by atoms with E-state index in [2.05, 4.69) is 37.3 Å². The molecule has 0 aromatic heterocycles. The minimum atomic E-state index is -0.972. The van der Waals surface area contributed by atoms with Gasteiger partial charge in [-0.1, -0.05) is 19.9 Å². The third-order valence-corrected chi connectivity index (χ3v) is 15.4. The summed E-state index contributed by atoms with van der Waals surface area (Å²) in [5.74, 6) is -2.79. The third kappa shape index (κ3) is 10.0. The molecule has 1 aromatic carbocycles. The molecule has 63 heavy (non-hydrogen) atoms. The molecule has 6 aliphatic rings. The van der Waals surface area contributed by atoms with Crippen LogP contribution in [0.25, 0.3) is 0 Å². The molecule has 0 amide bonds. The van der Waals surface area contributed by atoms with Crippen molar-refractivity contribution in [1.82, 2.24) is 4.90 Å². The van der Waals surface area contributed by atoms with Crippen LogP contribution in [0.4, 0.5) is 10.1 Å². The van der Waals surface area contributed by atoms with Gasteiger partial charge in [0.25, 0.3) is 0 Å². The molecule has 3 saturated heterocycles. The van der Waals surface area contributed by atoms with Gasteiger partial charge in [0.2, 0.25) is 0 Å². The molecule has 14 nitrogen and oxygen atoms in total. The maximum Gasteiger partial charge on any atom is 0.306 e. The Labute approximate surface area is 373 Å². The Morgan fingerprint density at radius 2 is 1.62 bits per heavy atom. The SMILES string of the molecule is CC[C@H]1CCC[C@H](O[C@H]2CC[C@H](N(C)C)C(C)O2)[C@@H](C)C(=O)C2=C[C@H]3[C@@H]4C[C@H](O[C@@H]5OC(C)[C@H](OC)C(OC)[C@@H]5OC)C[C@H]4[C@@H](O)[C@H](Nc4cc(F)ccc4OC)[C@H]3[C@@H]2CC(=O)O1. The summed E-state index contributed by atoms with van der Waals surface area (Å²) in [6, 6.07) is 3.79. The number of carbonyl (C=O) groups excluding carboxylic acids is 2. The number of cyclic esters (lactones) is 1. The molecule has 0 spiro atoms. The van der Waals surface area contributed by atoms with E-state index in [1.165, 1.54) is 19.2 Å². The first-order valence-electron chi connectivity index (χ1n) is 23.3. The summed E-state index contributed by atoms with van der Waals surface area (Å²) in [5, 5.41) is 16.2. The van der Waals surface area contributed by atoms with Crippen molar-refractivity contribution >= 4 is 17.4 Å². The number of allylic oxidation sites excluding steroid dienone is 2. The van der Waals surface area contributed by atoms with E-state index in [1.807, 2.05) is 20.8 Å². The number of aliphatic hydroxyl groups excluding tert-OH is 1. The maximum absolute atomic E-state index is 15.2. The number of hydrogen-bond acceptors (Lipinski definition) is 14. The number of aliphatic hydroxyl groups is 1. The van der Waals surface area contributed by atoms with Crippen LogP contribution < -0.4 is 10.1 Å². The molecule has 19 atom stereocenters. The van der Waals surface area contributed by atoms with Gasteiger partial charge in [0.15, 0.2) is 18.4 Å². The predicted molar refractivity (Wildman–Crippen MR) is 231 cm³/mol. The largest absolute Gasteiger partial charge is 0.495 e. The van der Waals surface area contributed by atoms with E-state index in [-0.39, 0.29) is 72.5 Å². The summed E-state index contributed by atoms with van der Waals surface area (Å²) < 4.78 is 70.6. The Bertz CT molecular complexity index is 1750. The van der Waals surface area contributed by atoms with Gasteiger partial charge in [-0.2, -0.15) is 0 Å². The normalized spacial score (nSPS) is 42.3. The summed E-state index contributed by atoms with van der Waals surface area (Å²) in [7, 11) is 10.5. The highest BCUT2D eigenvalue weighted by Gasteiger charge is 2.60. The van der Waals surface area contributed by atoms with Crippen molar-refractivity contribution in [3.05, 3.63) is 35.7 Å². The highest BCUT2D eigenvalue weighted by molar-refractivity contribution is 5.99. The Kier molecular flexibility index (Phi) is 15.9. The zero-order chi connectivity index (χ0) is 45.3. The number of methoxy groups -OCH3 is 4. The first kappa shape index (κ1) is 48.2. The van der Waals surface area contributed by atoms with Crippen molar-refractivity contribution in [3.63, 3.8) is 0 Å². The van der Waals surface area contributed by atoms with Crippen molar-refractivity contribution in [1.29, 1.82) is 0 Å². The Balaban J connectivity index is 1.23. The first-order chi connectivity index (χ1) is 30.2. The molecule has 354 valence electrons. The fourth-order valence-electron chi connectivity index (χ4n) is 12.2. The second kappa shape index (κ2) is 20.8. The minimum Gasteiger partial charge on any atom is -0.495 e. The second-order valence-corrected chi connectivity index (χ2v) is 19.1. The number of rotatable bonds is 12. The summed E-state index contributed by atoms with van der Waals surface area (Å²) in [6.07, 6.45) is 2.26. The number of benzene rings is 1. The summed E-state index contributed by atoms with van der Waals surface area (Å²) in [4.78, 5) is 31.5. The van der Waals surface area contributed by atoms with E-state index < -0.39 is 66.6 Å². The van der Waals surface area contributed by atoms with E-state index >= 15 is 4.79 Å². The molecule has 3 unspecified atom stereocenters. The van der Waals surface area contributed by atoms with Gasteiger partial charge in [0, 0.05) is 45.3 Å². The van der Waals surface area contributed by atoms with E-state index in [1.54, 1.807) is 27.4 Å². The van der Waals surface area contributed by atoms with E-state index in [9.17, 15) is 14.3 Å². The molecule has 3 heterocycles. The predicted octanol–water partition coefficient (Wildman–Crippen LogP) is 5.92. The number of nitrogens with one attached hydrogen (secondary N) is 1. The van der Waals surface area contributed by atoms with Crippen LogP contribution in [-0.4, -0.2) is 144 Å². The Hall–Kier alpha value is -2.73. The van der Waals surface area contributed by atoms with Gasteiger partial charge in [0.1, 0.15) is 36.0 Å². The topological polar surface area (TPSA) is 153 Å². The molecular formula is C48H73FN2O12. The third-order valence-electron chi connectivity index (χ3n) is 15.4. The number of Topliss-reactive ketones (excluding diaryl/α,β-unsaturated/α-hetero) is 1. The molecule has 15 heteroatoms. The van der Waals surface area contributed by atoms with Gasteiger partial charge in [-0.05, 0) is 121 Å². The Morgan fingerprint density at radius 1 is 0.889 bits per heavy atom. The maximum atomic E-state index is 15.2. The van der Waals surface area contributed by atoms with Crippen LogP contribution in [0.2, 0.25) is 0 Å². The summed E-state index contributed by atoms with van der Waals surface area (Å²) in [5.41, 5.74) is 0.923. The van der Waals surface area contributed by atoms with E-state index in [0.717, 1.165) is 6.42 Å². The van der Waals surface area contributed by atoms with Crippen molar-refractivity contribution in [2.45, 2.75) is 165 Å². The minimum absolute atomic E-state index is 0.0400. The van der Waals surface area contributed by atoms with Crippen molar-refractivity contribution in [2.24, 2.45) is 35.5 Å². The molecule has 2 N–H and O–H groups in total. The smallest absolute Gasteiger partial charge is 0.306 e. The molecule has 5 fully saturated rings. The zero-order valence-corrected chi connectivity index (χ0v) is 38.9. The number of ketones is 1. The fourth-order valence-corrected chi connectivity index (χ4v) is 12.2. The monoisotopic (exact) mass is 889 g/mol. The van der Waals surface area contributed by atoms with E-state index in [0.29, 0.717) is 62.0 Å². The molecule has 3 aliphatic carbocycles. The van der Waals surface area contributed by atoms with Gasteiger partial charge in [0.05, 0.1) is 55.8 Å². The molecule has 0 bridgehead atoms. The molecule has 1 aromatic rings. The molecule has 3 aliphatic heterocycles. The van der Waals surface area contributed by atoms with Gasteiger partial charge in [-0.25, -0.2) is 4.39 Å². The standard InChI is InChI=1S/C48H73FN2O12/c1-11-28-13-12-14-37(63-40-18-16-36(51(5)6)25(3)59-40)24(2)43(53)34-22-31-30-20-29(62-48-47(58-10)46(57-9)45(56-8)26(4)60-48)21-33(30)44(54)42(41(31)32(34)23-39(52)61-28)50-35-19-27(49)15-17-38(35)55-7/h15,17,19,22,24-26,28-33,36-37,40-42,44-48,50,54H,11-14,16,18,20-21,23H2,1-10H3/t24-,25?,26?,28+,29+,30+,31+,32-,33-,36+,37+,40+,41-,42-,44-,45+,46?,47+,48+/m1/s1.